The molecule has 0 radical (unpaired) electrons. The van der Waals surface area contributed by atoms with Gasteiger partial charge in [-0.2, -0.15) is 0 Å². The Balaban J connectivity index is 2.01. The van der Waals surface area contributed by atoms with E-state index in [4.69, 9.17) is 21.7 Å². The Kier molecular flexibility index (Phi) is 7.07. The third-order valence-electron chi connectivity index (χ3n) is 3.85. The number of hydrogen-bond acceptors (Lipinski definition) is 3. The van der Waals surface area contributed by atoms with Crippen molar-refractivity contribution in [2.45, 2.75) is 26.8 Å². The monoisotopic (exact) mass is 358 g/mol. The highest BCUT2D eigenvalue weighted by Gasteiger charge is 2.17. The highest BCUT2D eigenvalue weighted by atomic mass is 32.1. The molecule has 2 aromatic carbocycles. The van der Waals surface area contributed by atoms with E-state index in [9.17, 15) is 0 Å². The smallest absolute Gasteiger partial charge is 0.171 e. The van der Waals surface area contributed by atoms with Crippen molar-refractivity contribution in [2.75, 3.05) is 19.0 Å². The number of methoxy groups -OCH3 is 1. The fourth-order valence-corrected chi connectivity index (χ4v) is 2.80. The Morgan fingerprint density at radius 1 is 1.00 bits per heavy atom. The summed E-state index contributed by atoms with van der Waals surface area (Å²) in [4.78, 5) is 0. The Labute approximate surface area is 155 Å². The highest BCUT2D eigenvalue weighted by molar-refractivity contribution is 7.80. The van der Waals surface area contributed by atoms with E-state index in [2.05, 4.69) is 36.6 Å². The molecule has 25 heavy (non-hydrogen) atoms. The molecule has 0 aromatic heterocycles. The molecule has 1 atom stereocenters. The molecule has 2 N–H and O–H groups in total. The second-order valence-corrected chi connectivity index (χ2v) is 6.46. The zero-order valence-electron chi connectivity index (χ0n) is 15.2. The number of thiocarbonyl (C=S) groups is 1. The highest BCUT2D eigenvalue weighted by Crippen LogP contribution is 2.24. The molecule has 0 fully saturated rings. The van der Waals surface area contributed by atoms with Crippen LogP contribution in [0.4, 0.5) is 5.69 Å². The average Bonchev–Trinajstić information content (AvgIpc) is 2.61. The lowest BCUT2D eigenvalue weighted by atomic mass is 9.96. The maximum atomic E-state index is 5.49. The summed E-state index contributed by atoms with van der Waals surface area (Å²) in [7, 11) is 1.67. The molecule has 0 amide bonds. The van der Waals surface area contributed by atoms with Crippen molar-refractivity contribution in [1.82, 2.24) is 5.32 Å². The lowest BCUT2D eigenvalue weighted by Crippen LogP contribution is -2.34. The van der Waals surface area contributed by atoms with Crippen LogP contribution in [0.1, 0.15) is 32.4 Å². The molecule has 0 aliphatic heterocycles. The van der Waals surface area contributed by atoms with Crippen LogP contribution in [0.25, 0.3) is 0 Å². The molecule has 0 aliphatic carbocycles. The largest absolute Gasteiger partial charge is 0.497 e. The molecule has 0 bridgehead atoms. The van der Waals surface area contributed by atoms with Crippen molar-refractivity contribution in [3.8, 4) is 11.5 Å². The quantitative estimate of drug-likeness (QED) is 0.698. The van der Waals surface area contributed by atoms with Crippen LogP contribution in [0.15, 0.2) is 48.5 Å². The van der Waals surface area contributed by atoms with E-state index < -0.39 is 0 Å². The Morgan fingerprint density at radius 2 is 1.60 bits per heavy atom. The SMILES string of the molecule is CCOc1ccc(NC(=S)N[C@H](c2ccc(OC)cc2)C(C)C)cc1. The second kappa shape index (κ2) is 9.28. The van der Waals surface area contributed by atoms with Gasteiger partial charge in [-0.1, -0.05) is 26.0 Å². The number of benzene rings is 2. The molecule has 0 heterocycles. The summed E-state index contributed by atoms with van der Waals surface area (Å²) in [6, 6.07) is 16.0. The molecular weight excluding hydrogens is 332 g/mol. The maximum Gasteiger partial charge on any atom is 0.171 e. The summed E-state index contributed by atoms with van der Waals surface area (Å²) in [6.07, 6.45) is 0. The molecule has 0 saturated heterocycles. The van der Waals surface area contributed by atoms with E-state index in [0.29, 0.717) is 17.6 Å². The van der Waals surface area contributed by atoms with Crippen LogP contribution in [-0.2, 0) is 0 Å². The second-order valence-electron chi connectivity index (χ2n) is 6.05. The summed E-state index contributed by atoms with van der Waals surface area (Å²) < 4.78 is 10.7. The van der Waals surface area contributed by atoms with Gasteiger partial charge in [-0.25, -0.2) is 0 Å². The van der Waals surface area contributed by atoms with Gasteiger partial charge in [0.25, 0.3) is 0 Å². The summed E-state index contributed by atoms with van der Waals surface area (Å²) in [5.41, 5.74) is 2.10. The van der Waals surface area contributed by atoms with E-state index in [0.717, 1.165) is 17.2 Å². The van der Waals surface area contributed by atoms with Crippen LogP contribution >= 0.6 is 12.2 Å². The minimum Gasteiger partial charge on any atom is -0.497 e. The van der Waals surface area contributed by atoms with Crippen LogP contribution in [0.5, 0.6) is 11.5 Å². The van der Waals surface area contributed by atoms with Gasteiger partial charge in [0.15, 0.2) is 5.11 Å². The topological polar surface area (TPSA) is 42.5 Å². The molecule has 0 unspecified atom stereocenters. The zero-order valence-corrected chi connectivity index (χ0v) is 16.0. The average molecular weight is 359 g/mol. The summed E-state index contributed by atoms with van der Waals surface area (Å²) >= 11 is 5.49. The fraction of sp³-hybridized carbons (Fsp3) is 0.350. The van der Waals surface area contributed by atoms with Gasteiger partial charge >= 0.3 is 0 Å². The van der Waals surface area contributed by atoms with Crippen molar-refractivity contribution in [2.24, 2.45) is 5.92 Å². The van der Waals surface area contributed by atoms with Crippen molar-refractivity contribution < 1.29 is 9.47 Å². The van der Waals surface area contributed by atoms with Gasteiger partial charge in [-0.15, -0.1) is 0 Å². The van der Waals surface area contributed by atoms with Gasteiger partial charge in [-0.3, -0.25) is 0 Å². The van der Waals surface area contributed by atoms with Gasteiger partial charge in [0.1, 0.15) is 11.5 Å². The van der Waals surface area contributed by atoms with Crippen LogP contribution in [0.3, 0.4) is 0 Å². The first-order chi connectivity index (χ1) is 12.0. The van der Waals surface area contributed by atoms with Crippen LogP contribution < -0.4 is 20.1 Å². The number of nitrogens with one attached hydrogen (secondary N) is 2. The first-order valence-corrected chi connectivity index (χ1v) is 8.88. The zero-order chi connectivity index (χ0) is 18.2. The van der Waals surface area contributed by atoms with E-state index >= 15 is 0 Å². The van der Waals surface area contributed by atoms with Crippen LogP contribution in [0.2, 0.25) is 0 Å². The minimum atomic E-state index is 0.119. The fourth-order valence-electron chi connectivity index (χ4n) is 2.56. The minimum absolute atomic E-state index is 0.119. The number of ether oxygens (including phenoxy) is 2. The standard InChI is InChI=1S/C20H26N2O2S/c1-5-24-18-12-8-16(9-13-18)21-20(25)22-19(14(2)3)15-6-10-17(23-4)11-7-15/h6-14,19H,5H2,1-4H3,(H2,21,22,25)/t19-/m0/s1. The molecule has 5 heteroatoms. The summed E-state index contributed by atoms with van der Waals surface area (Å²) in [5.74, 6) is 2.08. The molecule has 134 valence electrons. The number of rotatable bonds is 7. The predicted octanol–water partition coefficient (Wildman–Crippen LogP) is 4.78. The van der Waals surface area contributed by atoms with Gasteiger partial charge in [0, 0.05) is 5.69 Å². The van der Waals surface area contributed by atoms with Crippen LogP contribution in [0, 0.1) is 5.92 Å². The Morgan fingerprint density at radius 3 is 2.12 bits per heavy atom. The maximum absolute atomic E-state index is 5.49. The summed E-state index contributed by atoms with van der Waals surface area (Å²) in [5, 5.41) is 7.23. The third-order valence-corrected chi connectivity index (χ3v) is 4.07. The molecule has 2 rings (SSSR count). The lowest BCUT2D eigenvalue weighted by Gasteiger charge is -2.25. The third kappa shape index (κ3) is 5.64. The van der Waals surface area contributed by atoms with E-state index in [-0.39, 0.29) is 6.04 Å². The molecule has 0 saturated carbocycles. The normalized spacial score (nSPS) is 11.7. The lowest BCUT2D eigenvalue weighted by molar-refractivity contribution is 0.340. The Bertz CT molecular complexity index is 669. The van der Waals surface area contributed by atoms with Crippen molar-refractivity contribution in [3.63, 3.8) is 0 Å². The Hall–Kier alpha value is -2.27. The first kappa shape index (κ1) is 19.1. The first-order valence-electron chi connectivity index (χ1n) is 8.47. The van der Waals surface area contributed by atoms with E-state index in [1.165, 1.54) is 5.56 Å². The van der Waals surface area contributed by atoms with Gasteiger partial charge in [-0.05, 0) is 67.0 Å². The molecule has 2 aromatic rings. The molecular formula is C20H26N2O2S. The van der Waals surface area contributed by atoms with Gasteiger partial charge < -0.3 is 20.1 Å². The molecule has 0 spiro atoms. The van der Waals surface area contributed by atoms with Crippen molar-refractivity contribution in [1.29, 1.82) is 0 Å². The van der Waals surface area contributed by atoms with E-state index in [1.807, 2.05) is 43.3 Å². The van der Waals surface area contributed by atoms with Gasteiger partial charge in [0.2, 0.25) is 0 Å². The predicted molar refractivity (Wildman–Crippen MR) is 108 cm³/mol. The van der Waals surface area contributed by atoms with E-state index in [1.54, 1.807) is 7.11 Å². The van der Waals surface area contributed by atoms with Crippen molar-refractivity contribution in [3.05, 3.63) is 54.1 Å². The van der Waals surface area contributed by atoms with Gasteiger partial charge in [0.05, 0.1) is 19.8 Å². The number of hydrogen-bond donors (Lipinski definition) is 2. The number of anilines is 1. The summed E-state index contributed by atoms with van der Waals surface area (Å²) in [6.45, 7) is 6.96. The molecule has 0 aliphatic rings. The van der Waals surface area contributed by atoms with Crippen LogP contribution in [-0.4, -0.2) is 18.8 Å². The molecule has 4 nitrogen and oxygen atoms in total. The van der Waals surface area contributed by atoms with Crippen molar-refractivity contribution >= 4 is 23.0 Å².